The molecule has 2 N–H and O–H groups in total. The molecule has 0 bridgehead atoms. The Balaban J connectivity index is 2.61. The molecular formula is C15H23FN2O2. The van der Waals surface area contributed by atoms with Crippen molar-refractivity contribution >= 4 is 11.6 Å². The van der Waals surface area contributed by atoms with Crippen molar-refractivity contribution in [3.63, 3.8) is 0 Å². The minimum Gasteiger partial charge on any atom is -0.395 e. The Morgan fingerprint density at radius 1 is 1.40 bits per heavy atom. The third-order valence-electron chi connectivity index (χ3n) is 3.30. The van der Waals surface area contributed by atoms with Gasteiger partial charge in [0.1, 0.15) is 5.82 Å². The van der Waals surface area contributed by atoms with Crippen LogP contribution in [-0.4, -0.2) is 41.7 Å². The first-order valence-corrected chi connectivity index (χ1v) is 7.01. The highest BCUT2D eigenvalue weighted by Gasteiger charge is 2.17. The highest BCUT2D eigenvalue weighted by molar-refractivity contribution is 5.92. The van der Waals surface area contributed by atoms with Gasteiger partial charge < -0.3 is 10.4 Å². The zero-order valence-corrected chi connectivity index (χ0v) is 12.1. The van der Waals surface area contributed by atoms with Gasteiger partial charge in [0.05, 0.1) is 13.2 Å². The largest absolute Gasteiger partial charge is 0.395 e. The van der Waals surface area contributed by atoms with Gasteiger partial charge in [-0.25, -0.2) is 4.39 Å². The second kappa shape index (κ2) is 8.66. The molecule has 0 fully saturated rings. The molecule has 0 radical (unpaired) electrons. The number of hydrogen-bond donors (Lipinski definition) is 2. The van der Waals surface area contributed by atoms with Gasteiger partial charge in [-0.2, -0.15) is 0 Å². The molecular weight excluding hydrogens is 259 g/mol. The second-order valence-corrected chi connectivity index (χ2v) is 4.72. The summed E-state index contributed by atoms with van der Waals surface area (Å²) in [6.07, 6.45) is 1.84. The molecule has 0 saturated heterocycles. The standard InChI is InChI=1S/C15H23FN2O2/c1-3-14(4-2)18(8-9-19)11-15(20)17-13-7-5-6-12(16)10-13/h5-7,10,14,19H,3-4,8-9,11H2,1-2H3,(H,17,20). The Kier molecular flexibility index (Phi) is 7.18. The summed E-state index contributed by atoms with van der Waals surface area (Å²) in [5, 5.41) is 11.8. The van der Waals surface area contributed by atoms with Gasteiger partial charge >= 0.3 is 0 Å². The predicted molar refractivity (Wildman–Crippen MR) is 78.1 cm³/mol. The monoisotopic (exact) mass is 282 g/mol. The number of rotatable bonds is 8. The molecule has 20 heavy (non-hydrogen) atoms. The van der Waals surface area contributed by atoms with Crippen molar-refractivity contribution in [1.29, 1.82) is 0 Å². The Labute approximate surface area is 119 Å². The SMILES string of the molecule is CCC(CC)N(CCO)CC(=O)Nc1cccc(F)c1. The van der Waals surface area contributed by atoms with E-state index in [1.807, 2.05) is 4.90 Å². The number of halogens is 1. The average molecular weight is 282 g/mol. The highest BCUT2D eigenvalue weighted by Crippen LogP contribution is 2.11. The van der Waals surface area contributed by atoms with E-state index in [4.69, 9.17) is 5.11 Å². The van der Waals surface area contributed by atoms with Crippen LogP contribution in [0.3, 0.4) is 0 Å². The van der Waals surface area contributed by atoms with Crippen molar-refractivity contribution in [2.24, 2.45) is 0 Å². The van der Waals surface area contributed by atoms with Crippen LogP contribution in [0.25, 0.3) is 0 Å². The second-order valence-electron chi connectivity index (χ2n) is 4.72. The topological polar surface area (TPSA) is 52.6 Å². The molecule has 1 rings (SSSR count). The van der Waals surface area contributed by atoms with Crippen LogP contribution in [-0.2, 0) is 4.79 Å². The Morgan fingerprint density at radius 3 is 2.65 bits per heavy atom. The smallest absolute Gasteiger partial charge is 0.238 e. The fourth-order valence-corrected chi connectivity index (χ4v) is 2.28. The van der Waals surface area contributed by atoms with Crippen molar-refractivity contribution < 1.29 is 14.3 Å². The predicted octanol–water partition coefficient (Wildman–Crippen LogP) is 2.25. The zero-order chi connectivity index (χ0) is 15.0. The van der Waals surface area contributed by atoms with Crippen molar-refractivity contribution in [2.45, 2.75) is 32.7 Å². The number of carbonyl (C=O) groups is 1. The fraction of sp³-hybridized carbons (Fsp3) is 0.533. The van der Waals surface area contributed by atoms with E-state index >= 15 is 0 Å². The molecule has 1 aromatic rings. The summed E-state index contributed by atoms with van der Waals surface area (Å²) in [5.74, 6) is -0.578. The van der Waals surface area contributed by atoms with E-state index < -0.39 is 0 Å². The molecule has 0 aromatic heterocycles. The lowest BCUT2D eigenvalue weighted by Gasteiger charge is -2.29. The molecule has 0 heterocycles. The van der Waals surface area contributed by atoms with Crippen LogP contribution in [0.5, 0.6) is 0 Å². The normalized spacial score (nSPS) is 11.1. The lowest BCUT2D eigenvalue weighted by molar-refractivity contribution is -0.118. The van der Waals surface area contributed by atoms with Gasteiger partial charge in [0, 0.05) is 18.3 Å². The third-order valence-corrected chi connectivity index (χ3v) is 3.30. The van der Waals surface area contributed by atoms with Gasteiger partial charge in [-0.15, -0.1) is 0 Å². The van der Waals surface area contributed by atoms with Crippen molar-refractivity contribution in [1.82, 2.24) is 4.90 Å². The summed E-state index contributed by atoms with van der Waals surface area (Å²) in [5.41, 5.74) is 0.448. The number of hydrogen-bond acceptors (Lipinski definition) is 3. The summed E-state index contributed by atoms with van der Waals surface area (Å²) in [6.45, 7) is 4.79. The summed E-state index contributed by atoms with van der Waals surface area (Å²) in [4.78, 5) is 13.9. The number of aliphatic hydroxyl groups excluding tert-OH is 1. The van der Waals surface area contributed by atoms with Gasteiger partial charge in [0.2, 0.25) is 5.91 Å². The van der Waals surface area contributed by atoms with Crippen LogP contribution >= 0.6 is 0 Å². The maximum Gasteiger partial charge on any atom is 0.238 e. The zero-order valence-electron chi connectivity index (χ0n) is 12.1. The van der Waals surface area contributed by atoms with Gasteiger partial charge in [0.25, 0.3) is 0 Å². The number of aliphatic hydroxyl groups is 1. The van der Waals surface area contributed by atoms with Crippen LogP contribution in [0.15, 0.2) is 24.3 Å². The minimum atomic E-state index is -0.380. The maximum absolute atomic E-state index is 13.0. The molecule has 0 saturated carbocycles. The van der Waals surface area contributed by atoms with Crippen LogP contribution in [0, 0.1) is 5.82 Å². The Hall–Kier alpha value is -1.46. The minimum absolute atomic E-state index is 0.0176. The molecule has 4 nitrogen and oxygen atoms in total. The van der Waals surface area contributed by atoms with E-state index in [0.717, 1.165) is 12.8 Å². The van der Waals surface area contributed by atoms with Gasteiger partial charge in [0.15, 0.2) is 0 Å². The molecule has 112 valence electrons. The number of nitrogens with one attached hydrogen (secondary N) is 1. The van der Waals surface area contributed by atoms with Gasteiger partial charge in [-0.05, 0) is 31.0 Å². The first kappa shape index (κ1) is 16.6. The van der Waals surface area contributed by atoms with Crippen LogP contribution in [0.4, 0.5) is 10.1 Å². The lowest BCUT2D eigenvalue weighted by atomic mass is 10.1. The van der Waals surface area contributed by atoms with E-state index in [9.17, 15) is 9.18 Å². The highest BCUT2D eigenvalue weighted by atomic mass is 19.1. The summed E-state index contributed by atoms with van der Waals surface area (Å²) in [6, 6.07) is 6.08. The molecule has 0 unspecified atom stereocenters. The molecule has 0 atom stereocenters. The lowest BCUT2D eigenvalue weighted by Crippen LogP contribution is -2.42. The number of amides is 1. The number of nitrogens with zero attached hydrogens (tertiary/aromatic N) is 1. The summed E-state index contributed by atoms with van der Waals surface area (Å²) < 4.78 is 13.0. The molecule has 1 amide bonds. The Bertz CT molecular complexity index is 422. The van der Waals surface area contributed by atoms with E-state index in [1.54, 1.807) is 12.1 Å². The van der Waals surface area contributed by atoms with Crippen LogP contribution in [0.1, 0.15) is 26.7 Å². The maximum atomic E-state index is 13.0. The quantitative estimate of drug-likeness (QED) is 0.769. The molecule has 0 aliphatic heterocycles. The molecule has 1 aromatic carbocycles. The Morgan fingerprint density at radius 2 is 2.10 bits per heavy atom. The van der Waals surface area contributed by atoms with Crippen LogP contribution < -0.4 is 5.32 Å². The number of carbonyl (C=O) groups excluding carboxylic acids is 1. The van der Waals surface area contributed by atoms with Crippen molar-refractivity contribution in [3.8, 4) is 0 Å². The van der Waals surface area contributed by atoms with E-state index in [1.165, 1.54) is 12.1 Å². The van der Waals surface area contributed by atoms with Crippen molar-refractivity contribution in [2.75, 3.05) is 25.0 Å². The summed E-state index contributed by atoms with van der Waals surface area (Å²) in [7, 11) is 0. The molecule has 0 spiro atoms. The van der Waals surface area contributed by atoms with Gasteiger partial charge in [-0.3, -0.25) is 9.69 Å². The molecule has 0 aliphatic rings. The molecule has 5 heteroatoms. The number of benzene rings is 1. The van der Waals surface area contributed by atoms with E-state index in [-0.39, 0.29) is 30.9 Å². The number of anilines is 1. The van der Waals surface area contributed by atoms with Crippen molar-refractivity contribution in [3.05, 3.63) is 30.1 Å². The van der Waals surface area contributed by atoms with Crippen LogP contribution in [0.2, 0.25) is 0 Å². The molecule has 0 aliphatic carbocycles. The van der Waals surface area contributed by atoms with Gasteiger partial charge in [-0.1, -0.05) is 19.9 Å². The fourth-order valence-electron chi connectivity index (χ4n) is 2.28. The third kappa shape index (κ3) is 5.27. The first-order chi connectivity index (χ1) is 9.60. The van der Waals surface area contributed by atoms with E-state index in [0.29, 0.717) is 12.2 Å². The summed E-state index contributed by atoms with van der Waals surface area (Å²) >= 11 is 0. The van der Waals surface area contributed by atoms with E-state index in [2.05, 4.69) is 19.2 Å². The first-order valence-electron chi connectivity index (χ1n) is 7.01. The average Bonchev–Trinajstić information content (AvgIpc) is 2.40.